The summed E-state index contributed by atoms with van der Waals surface area (Å²) in [7, 11) is 0. The minimum Gasteiger partial charge on any atom is -0.396 e. The van der Waals surface area contributed by atoms with Crippen LogP contribution in [0, 0.1) is 0 Å². The number of hydrogen-bond acceptors (Lipinski definition) is 2. The van der Waals surface area contributed by atoms with Crippen molar-refractivity contribution in [2.24, 2.45) is 0 Å². The van der Waals surface area contributed by atoms with Crippen LogP contribution in [0.3, 0.4) is 0 Å². The Labute approximate surface area is 113 Å². The normalized spacial score (nSPS) is 10.8. The summed E-state index contributed by atoms with van der Waals surface area (Å²) in [6, 6.07) is 7.29. The van der Waals surface area contributed by atoms with Crippen LogP contribution in [0.15, 0.2) is 30.3 Å². The van der Waals surface area contributed by atoms with E-state index in [4.69, 9.17) is 16.7 Å². The summed E-state index contributed by atoms with van der Waals surface area (Å²) in [5.74, 6) is -0.0408. The fraction of sp³-hybridized carbons (Fsp3) is 0.357. The fourth-order valence-electron chi connectivity index (χ4n) is 1.53. The van der Waals surface area contributed by atoms with Crippen molar-refractivity contribution in [2.75, 3.05) is 19.7 Å². The van der Waals surface area contributed by atoms with Gasteiger partial charge in [-0.05, 0) is 37.1 Å². The van der Waals surface area contributed by atoms with Crippen LogP contribution in [-0.2, 0) is 4.79 Å². The molecule has 0 aliphatic heterocycles. The molecule has 1 aromatic rings. The smallest absolute Gasteiger partial charge is 0.246 e. The molecule has 1 aromatic carbocycles. The number of carbonyl (C=O) groups is 1. The average Bonchev–Trinajstić information content (AvgIpc) is 2.39. The van der Waals surface area contributed by atoms with Crippen molar-refractivity contribution in [1.29, 1.82) is 0 Å². The van der Waals surface area contributed by atoms with Crippen molar-refractivity contribution in [3.05, 3.63) is 40.9 Å². The third kappa shape index (κ3) is 4.90. The molecule has 98 valence electrons. The van der Waals surface area contributed by atoms with E-state index in [1.165, 1.54) is 0 Å². The van der Waals surface area contributed by atoms with Crippen LogP contribution in [0.5, 0.6) is 0 Å². The van der Waals surface area contributed by atoms with Gasteiger partial charge < -0.3 is 10.0 Å². The molecule has 4 heteroatoms. The second-order valence-corrected chi connectivity index (χ2v) is 4.32. The van der Waals surface area contributed by atoms with Crippen LogP contribution in [0.4, 0.5) is 0 Å². The van der Waals surface area contributed by atoms with Gasteiger partial charge in [-0.25, -0.2) is 0 Å². The number of likely N-dealkylation sites (N-methyl/N-ethyl adjacent to an activating group) is 1. The second-order valence-electron chi connectivity index (χ2n) is 3.88. The van der Waals surface area contributed by atoms with Crippen molar-refractivity contribution in [3.8, 4) is 0 Å². The Bertz CT molecular complexity index is 401. The zero-order chi connectivity index (χ0) is 13.4. The molecule has 18 heavy (non-hydrogen) atoms. The predicted octanol–water partition coefficient (Wildman–Crippen LogP) is 2.58. The molecule has 0 fully saturated rings. The van der Waals surface area contributed by atoms with E-state index in [-0.39, 0.29) is 12.5 Å². The SMILES string of the molecule is CCN(CCCO)C(=O)/C=C/c1ccc(Cl)cc1. The lowest BCUT2D eigenvalue weighted by Crippen LogP contribution is -2.30. The van der Waals surface area contributed by atoms with Gasteiger partial charge in [-0.2, -0.15) is 0 Å². The Balaban J connectivity index is 2.59. The number of amides is 1. The van der Waals surface area contributed by atoms with E-state index in [0.717, 1.165) is 5.56 Å². The van der Waals surface area contributed by atoms with Gasteiger partial charge in [0.2, 0.25) is 5.91 Å². The van der Waals surface area contributed by atoms with E-state index >= 15 is 0 Å². The molecule has 1 amide bonds. The molecule has 0 saturated heterocycles. The Morgan fingerprint density at radius 1 is 1.39 bits per heavy atom. The quantitative estimate of drug-likeness (QED) is 0.805. The summed E-state index contributed by atoms with van der Waals surface area (Å²) >= 11 is 5.78. The summed E-state index contributed by atoms with van der Waals surface area (Å²) < 4.78 is 0. The van der Waals surface area contributed by atoms with Gasteiger partial charge in [0.15, 0.2) is 0 Å². The Hall–Kier alpha value is -1.32. The highest BCUT2D eigenvalue weighted by atomic mass is 35.5. The summed E-state index contributed by atoms with van der Waals surface area (Å²) in [6.45, 7) is 3.25. The molecular weight excluding hydrogens is 250 g/mol. The molecule has 0 aromatic heterocycles. The number of nitrogens with zero attached hydrogens (tertiary/aromatic N) is 1. The van der Waals surface area contributed by atoms with Gasteiger partial charge in [0.1, 0.15) is 0 Å². The van der Waals surface area contributed by atoms with Crippen molar-refractivity contribution in [3.63, 3.8) is 0 Å². The van der Waals surface area contributed by atoms with Crippen LogP contribution < -0.4 is 0 Å². The number of carbonyl (C=O) groups excluding carboxylic acids is 1. The maximum atomic E-state index is 11.9. The molecule has 0 saturated carbocycles. The van der Waals surface area contributed by atoms with Gasteiger partial charge in [0.05, 0.1) is 0 Å². The molecule has 1 N–H and O–H groups in total. The monoisotopic (exact) mass is 267 g/mol. The summed E-state index contributed by atoms with van der Waals surface area (Å²) in [5, 5.41) is 9.44. The lowest BCUT2D eigenvalue weighted by atomic mass is 10.2. The summed E-state index contributed by atoms with van der Waals surface area (Å²) in [5.41, 5.74) is 0.936. The molecule has 3 nitrogen and oxygen atoms in total. The van der Waals surface area contributed by atoms with Crippen LogP contribution in [-0.4, -0.2) is 35.6 Å². The maximum absolute atomic E-state index is 11.9. The minimum atomic E-state index is -0.0408. The van der Waals surface area contributed by atoms with Gasteiger partial charge >= 0.3 is 0 Å². The first-order valence-electron chi connectivity index (χ1n) is 6.00. The standard InChI is InChI=1S/C14H18ClNO2/c1-2-16(10-3-11-17)14(18)9-6-12-4-7-13(15)8-5-12/h4-9,17H,2-3,10-11H2,1H3/b9-6+. The van der Waals surface area contributed by atoms with E-state index < -0.39 is 0 Å². The third-order valence-corrected chi connectivity index (χ3v) is 2.82. The molecule has 0 radical (unpaired) electrons. The highest BCUT2D eigenvalue weighted by Gasteiger charge is 2.06. The first-order valence-corrected chi connectivity index (χ1v) is 6.38. The lowest BCUT2D eigenvalue weighted by molar-refractivity contribution is -0.125. The Kier molecular flexibility index (Phi) is 6.47. The largest absolute Gasteiger partial charge is 0.396 e. The van der Waals surface area contributed by atoms with Crippen LogP contribution >= 0.6 is 11.6 Å². The van der Waals surface area contributed by atoms with Crippen LogP contribution in [0.2, 0.25) is 5.02 Å². The van der Waals surface area contributed by atoms with Gasteiger partial charge in [-0.1, -0.05) is 23.7 Å². The summed E-state index contributed by atoms with van der Waals surface area (Å²) in [4.78, 5) is 13.5. The number of halogens is 1. The molecule has 1 rings (SSSR count). The molecule has 0 heterocycles. The van der Waals surface area contributed by atoms with E-state index in [9.17, 15) is 4.79 Å². The highest BCUT2D eigenvalue weighted by molar-refractivity contribution is 6.30. The highest BCUT2D eigenvalue weighted by Crippen LogP contribution is 2.10. The second kappa shape index (κ2) is 7.90. The zero-order valence-corrected chi connectivity index (χ0v) is 11.2. The third-order valence-electron chi connectivity index (χ3n) is 2.57. The van der Waals surface area contributed by atoms with E-state index in [1.54, 1.807) is 29.2 Å². The number of aliphatic hydroxyl groups is 1. The number of aliphatic hydroxyl groups excluding tert-OH is 1. The number of benzene rings is 1. The van der Waals surface area contributed by atoms with Crippen molar-refractivity contribution in [2.45, 2.75) is 13.3 Å². The molecular formula is C14H18ClNO2. The topological polar surface area (TPSA) is 40.5 Å². The molecule has 0 aliphatic carbocycles. The van der Waals surface area contributed by atoms with E-state index in [0.29, 0.717) is 24.5 Å². The minimum absolute atomic E-state index is 0.0408. The predicted molar refractivity (Wildman–Crippen MR) is 74.4 cm³/mol. The van der Waals surface area contributed by atoms with Crippen LogP contribution in [0.25, 0.3) is 6.08 Å². The van der Waals surface area contributed by atoms with Gasteiger partial charge in [-0.15, -0.1) is 0 Å². The molecule has 0 unspecified atom stereocenters. The molecule has 0 aliphatic rings. The van der Waals surface area contributed by atoms with Gasteiger partial charge in [0, 0.05) is 30.8 Å². The zero-order valence-electron chi connectivity index (χ0n) is 10.5. The van der Waals surface area contributed by atoms with Gasteiger partial charge in [0.25, 0.3) is 0 Å². The fourth-order valence-corrected chi connectivity index (χ4v) is 1.66. The lowest BCUT2D eigenvalue weighted by Gasteiger charge is -2.18. The number of rotatable bonds is 6. The van der Waals surface area contributed by atoms with Crippen molar-refractivity contribution in [1.82, 2.24) is 4.90 Å². The summed E-state index contributed by atoms with van der Waals surface area (Å²) in [6.07, 6.45) is 3.92. The molecule has 0 spiro atoms. The van der Waals surface area contributed by atoms with Crippen molar-refractivity contribution >= 4 is 23.6 Å². The van der Waals surface area contributed by atoms with Crippen LogP contribution in [0.1, 0.15) is 18.9 Å². The van der Waals surface area contributed by atoms with E-state index in [2.05, 4.69) is 0 Å². The molecule has 0 atom stereocenters. The Morgan fingerprint density at radius 2 is 2.06 bits per heavy atom. The van der Waals surface area contributed by atoms with Crippen molar-refractivity contribution < 1.29 is 9.90 Å². The maximum Gasteiger partial charge on any atom is 0.246 e. The average molecular weight is 268 g/mol. The first kappa shape index (κ1) is 14.7. The molecule has 0 bridgehead atoms. The Morgan fingerprint density at radius 3 is 2.61 bits per heavy atom. The van der Waals surface area contributed by atoms with E-state index in [1.807, 2.05) is 19.1 Å². The van der Waals surface area contributed by atoms with Gasteiger partial charge in [-0.3, -0.25) is 4.79 Å². The number of hydrogen-bond donors (Lipinski definition) is 1. The first-order chi connectivity index (χ1) is 8.67.